The summed E-state index contributed by atoms with van der Waals surface area (Å²) in [4.78, 5) is 0.606. The topological polar surface area (TPSA) is 0 Å². The van der Waals surface area contributed by atoms with Gasteiger partial charge in [0.15, 0.2) is 0 Å². The highest BCUT2D eigenvalue weighted by Crippen LogP contribution is 2.36. The van der Waals surface area contributed by atoms with Gasteiger partial charge in [0.25, 0.3) is 0 Å². The minimum atomic E-state index is 0.606. The number of halogens is 1. The lowest BCUT2D eigenvalue weighted by Crippen LogP contribution is -2.15. The average molecular weight is 239 g/mol. The van der Waals surface area contributed by atoms with E-state index >= 15 is 0 Å². The molecule has 1 aliphatic rings. The summed E-state index contributed by atoms with van der Waals surface area (Å²) >= 11 is 3.71. The van der Waals surface area contributed by atoms with Crippen molar-refractivity contribution in [1.82, 2.24) is 0 Å². The molecule has 2 atom stereocenters. The number of hydrogen-bond donors (Lipinski definition) is 0. The van der Waals surface area contributed by atoms with Crippen molar-refractivity contribution in [2.45, 2.75) is 36.9 Å². The number of fused-ring (bicyclic) bond motifs is 1. The predicted molar refractivity (Wildman–Crippen MR) is 60.5 cm³/mol. The number of aryl methyl sites for hydroxylation is 1. The number of benzene rings is 1. The zero-order chi connectivity index (χ0) is 9.26. The molecule has 1 aromatic carbocycles. The number of rotatable bonds is 1. The van der Waals surface area contributed by atoms with Gasteiger partial charge in [0.2, 0.25) is 0 Å². The van der Waals surface area contributed by atoms with Gasteiger partial charge in [0.05, 0.1) is 0 Å². The van der Waals surface area contributed by atoms with Gasteiger partial charge in [0, 0.05) is 4.83 Å². The van der Waals surface area contributed by atoms with Crippen molar-refractivity contribution in [3.05, 3.63) is 35.4 Å². The highest BCUT2D eigenvalue weighted by Gasteiger charge is 2.22. The van der Waals surface area contributed by atoms with Crippen LogP contribution in [0.4, 0.5) is 0 Å². The zero-order valence-corrected chi connectivity index (χ0v) is 9.55. The molecule has 0 fully saturated rings. The third kappa shape index (κ3) is 1.80. The largest absolute Gasteiger partial charge is 0.0887 e. The van der Waals surface area contributed by atoms with E-state index in [0.717, 1.165) is 5.92 Å². The van der Waals surface area contributed by atoms with E-state index in [1.165, 1.54) is 19.3 Å². The summed E-state index contributed by atoms with van der Waals surface area (Å²) in [6.07, 6.45) is 3.95. The van der Waals surface area contributed by atoms with Gasteiger partial charge < -0.3 is 0 Å². The van der Waals surface area contributed by atoms with Crippen LogP contribution in [0.1, 0.15) is 36.8 Å². The second-order valence-corrected chi connectivity index (χ2v) is 5.32. The molecule has 0 nitrogen and oxygen atoms in total. The van der Waals surface area contributed by atoms with Crippen molar-refractivity contribution in [1.29, 1.82) is 0 Å². The van der Waals surface area contributed by atoms with E-state index in [1.54, 1.807) is 11.1 Å². The van der Waals surface area contributed by atoms with E-state index in [9.17, 15) is 0 Å². The maximum Gasteiger partial charge on any atom is 0.0186 e. The van der Waals surface area contributed by atoms with Crippen molar-refractivity contribution in [3.63, 3.8) is 0 Å². The van der Waals surface area contributed by atoms with Crippen LogP contribution < -0.4 is 0 Å². The summed E-state index contributed by atoms with van der Waals surface area (Å²) in [7, 11) is 0. The van der Waals surface area contributed by atoms with Gasteiger partial charge in [0.1, 0.15) is 0 Å². The maximum atomic E-state index is 3.71. The van der Waals surface area contributed by atoms with Crippen LogP contribution in [0.5, 0.6) is 0 Å². The molecule has 70 valence electrons. The van der Waals surface area contributed by atoms with Gasteiger partial charge in [-0.1, -0.05) is 47.1 Å². The van der Waals surface area contributed by atoms with Gasteiger partial charge >= 0.3 is 0 Å². The van der Waals surface area contributed by atoms with Crippen molar-refractivity contribution in [2.24, 2.45) is 0 Å². The third-order valence-corrected chi connectivity index (χ3v) is 3.61. The van der Waals surface area contributed by atoms with Crippen LogP contribution in [-0.2, 0) is 6.42 Å². The smallest absolute Gasteiger partial charge is 0.0186 e. The predicted octanol–water partition coefficient (Wildman–Crippen LogP) is 3.89. The SMILES string of the molecule is CC(Br)C1CCCc2ccccc21. The molecular weight excluding hydrogens is 224 g/mol. The fraction of sp³-hybridized carbons (Fsp3) is 0.500. The Hall–Kier alpha value is -0.300. The first-order chi connectivity index (χ1) is 6.29. The van der Waals surface area contributed by atoms with Crippen LogP contribution in [0.15, 0.2) is 24.3 Å². The van der Waals surface area contributed by atoms with Crippen LogP contribution in [0, 0.1) is 0 Å². The zero-order valence-electron chi connectivity index (χ0n) is 7.96. The van der Waals surface area contributed by atoms with E-state index in [2.05, 4.69) is 47.1 Å². The first-order valence-corrected chi connectivity index (χ1v) is 5.92. The summed E-state index contributed by atoms with van der Waals surface area (Å²) in [5.41, 5.74) is 3.13. The molecule has 0 aromatic heterocycles. The average Bonchev–Trinajstić information content (AvgIpc) is 2.17. The molecule has 1 heteroatoms. The molecular formula is C12H15Br. The van der Waals surface area contributed by atoms with Gasteiger partial charge in [-0.25, -0.2) is 0 Å². The standard InChI is InChI=1S/C12H15Br/c1-9(13)11-8-4-6-10-5-2-3-7-12(10)11/h2-3,5,7,9,11H,4,6,8H2,1H3. The Morgan fingerprint density at radius 3 is 2.92 bits per heavy atom. The first-order valence-electron chi connectivity index (χ1n) is 5.01. The Morgan fingerprint density at radius 2 is 2.15 bits per heavy atom. The molecule has 2 unspecified atom stereocenters. The normalized spacial score (nSPS) is 23.7. The Bertz CT molecular complexity index is 291. The van der Waals surface area contributed by atoms with Crippen LogP contribution >= 0.6 is 15.9 Å². The summed E-state index contributed by atoms with van der Waals surface area (Å²) < 4.78 is 0. The van der Waals surface area contributed by atoms with Crippen molar-refractivity contribution in [2.75, 3.05) is 0 Å². The van der Waals surface area contributed by atoms with Crippen molar-refractivity contribution >= 4 is 15.9 Å². The molecule has 0 saturated carbocycles. The first kappa shape index (κ1) is 9.26. The minimum absolute atomic E-state index is 0.606. The molecule has 0 amide bonds. The Balaban J connectivity index is 2.37. The molecule has 1 aliphatic carbocycles. The molecule has 0 N–H and O–H groups in total. The van der Waals surface area contributed by atoms with E-state index in [1.807, 2.05) is 0 Å². The van der Waals surface area contributed by atoms with Crippen LogP contribution in [0.3, 0.4) is 0 Å². The molecule has 0 bridgehead atoms. The molecule has 0 aliphatic heterocycles. The Labute approximate surface area is 88.5 Å². The highest BCUT2D eigenvalue weighted by atomic mass is 79.9. The summed E-state index contributed by atoms with van der Waals surface area (Å²) in [6, 6.07) is 8.88. The van der Waals surface area contributed by atoms with Gasteiger partial charge in [-0.15, -0.1) is 0 Å². The van der Waals surface area contributed by atoms with E-state index in [0.29, 0.717) is 4.83 Å². The third-order valence-electron chi connectivity index (χ3n) is 2.97. The van der Waals surface area contributed by atoms with E-state index < -0.39 is 0 Å². The molecule has 0 spiro atoms. The molecule has 2 rings (SSSR count). The molecule has 1 aromatic rings. The fourth-order valence-corrected chi connectivity index (χ4v) is 2.82. The second-order valence-electron chi connectivity index (χ2n) is 3.88. The lowest BCUT2D eigenvalue weighted by Gasteiger charge is -2.27. The van der Waals surface area contributed by atoms with Crippen LogP contribution in [0.2, 0.25) is 0 Å². The highest BCUT2D eigenvalue weighted by molar-refractivity contribution is 9.09. The molecule has 0 radical (unpaired) electrons. The van der Waals surface area contributed by atoms with E-state index in [4.69, 9.17) is 0 Å². The summed E-state index contributed by atoms with van der Waals surface area (Å²) in [5.74, 6) is 0.727. The lowest BCUT2D eigenvalue weighted by molar-refractivity contribution is 0.553. The minimum Gasteiger partial charge on any atom is -0.0887 e. The van der Waals surface area contributed by atoms with Gasteiger partial charge in [-0.05, 0) is 36.3 Å². The molecule has 13 heavy (non-hydrogen) atoms. The van der Waals surface area contributed by atoms with Crippen molar-refractivity contribution < 1.29 is 0 Å². The summed E-state index contributed by atoms with van der Waals surface area (Å²) in [5, 5.41) is 0. The number of alkyl halides is 1. The Morgan fingerprint density at radius 1 is 1.38 bits per heavy atom. The Kier molecular flexibility index (Phi) is 2.73. The van der Waals surface area contributed by atoms with Crippen molar-refractivity contribution in [3.8, 4) is 0 Å². The van der Waals surface area contributed by atoms with Gasteiger partial charge in [-0.3, -0.25) is 0 Å². The lowest BCUT2D eigenvalue weighted by atomic mass is 9.81. The van der Waals surface area contributed by atoms with Crippen LogP contribution in [-0.4, -0.2) is 4.83 Å². The monoisotopic (exact) mass is 238 g/mol. The summed E-state index contributed by atoms with van der Waals surface area (Å²) in [6.45, 7) is 2.26. The quantitative estimate of drug-likeness (QED) is 0.652. The molecule has 0 heterocycles. The van der Waals surface area contributed by atoms with Crippen LogP contribution in [0.25, 0.3) is 0 Å². The van der Waals surface area contributed by atoms with E-state index in [-0.39, 0.29) is 0 Å². The number of hydrogen-bond acceptors (Lipinski definition) is 0. The molecule has 0 saturated heterocycles. The van der Waals surface area contributed by atoms with Gasteiger partial charge in [-0.2, -0.15) is 0 Å². The fourth-order valence-electron chi connectivity index (χ4n) is 2.27. The second kappa shape index (κ2) is 3.83. The maximum absolute atomic E-state index is 3.71.